The maximum Gasteiger partial charge on any atom is 0.337 e. The van der Waals surface area contributed by atoms with Gasteiger partial charge in [-0.15, -0.1) is 0 Å². The normalized spacial score (nSPS) is 14.9. The minimum atomic E-state index is -0.315. The quantitative estimate of drug-likeness (QED) is 0.463. The molecule has 3 aromatic rings. The molecule has 4 nitrogen and oxygen atoms in total. The number of pyridine rings is 1. The van der Waals surface area contributed by atoms with E-state index in [4.69, 9.17) is 16.3 Å². The van der Waals surface area contributed by atoms with Crippen LogP contribution >= 0.6 is 11.6 Å². The number of esters is 1. The molecule has 1 fully saturated rings. The number of aromatic nitrogens is 2. The molecule has 0 radical (unpaired) electrons. The highest BCUT2D eigenvalue weighted by atomic mass is 35.5. The summed E-state index contributed by atoms with van der Waals surface area (Å²) < 4.78 is 7.05. The van der Waals surface area contributed by atoms with Crippen molar-refractivity contribution in [3.8, 4) is 11.3 Å². The summed E-state index contributed by atoms with van der Waals surface area (Å²) in [4.78, 5) is 16.2. The zero-order chi connectivity index (χ0) is 18.3. The van der Waals surface area contributed by atoms with E-state index in [-0.39, 0.29) is 5.97 Å². The van der Waals surface area contributed by atoms with Crippen LogP contribution in [-0.2, 0) is 11.8 Å². The van der Waals surface area contributed by atoms with Crippen LogP contribution in [0.4, 0.5) is 0 Å². The molecule has 5 heteroatoms. The highest BCUT2D eigenvalue weighted by Gasteiger charge is 2.27. The first kappa shape index (κ1) is 17.1. The molecule has 0 bridgehead atoms. The molecule has 26 heavy (non-hydrogen) atoms. The van der Waals surface area contributed by atoms with Gasteiger partial charge in [-0.2, -0.15) is 0 Å². The smallest absolute Gasteiger partial charge is 0.337 e. The number of hydrogen-bond acceptors (Lipinski definition) is 3. The predicted octanol–water partition coefficient (Wildman–Crippen LogP) is 5.34. The molecule has 134 valence electrons. The van der Waals surface area contributed by atoms with Gasteiger partial charge in [0.05, 0.1) is 18.4 Å². The number of benzene rings is 1. The third-order valence-corrected chi connectivity index (χ3v) is 5.65. The van der Waals surface area contributed by atoms with Crippen molar-refractivity contribution in [3.63, 3.8) is 0 Å². The van der Waals surface area contributed by atoms with Crippen LogP contribution in [0, 0.1) is 0 Å². The number of rotatable bonds is 3. The number of hydrogen-bond donors (Lipinski definition) is 0. The zero-order valence-corrected chi connectivity index (χ0v) is 15.7. The van der Waals surface area contributed by atoms with Gasteiger partial charge >= 0.3 is 5.97 Å². The molecule has 0 unspecified atom stereocenters. The molecule has 1 saturated carbocycles. The van der Waals surface area contributed by atoms with Crippen molar-refractivity contribution in [3.05, 3.63) is 52.8 Å². The van der Waals surface area contributed by atoms with E-state index < -0.39 is 0 Å². The van der Waals surface area contributed by atoms with Crippen LogP contribution < -0.4 is 0 Å². The number of carbonyl (C=O) groups excluding carboxylic acids is 1. The fourth-order valence-corrected chi connectivity index (χ4v) is 4.31. The predicted molar refractivity (Wildman–Crippen MR) is 104 cm³/mol. The Morgan fingerprint density at radius 2 is 2.00 bits per heavy atom. The van der Waals surface area contributed by atoms with E-state index in [1.807, 2.05) is 37.5 Å². The third-order valence-electron chi connectivity index (χ3n) is 5.43. The van der Waals surface area contributed by atoms with Crippen LogP contribution in [0.2, 0.25) is 5.15 Å². The molecule has 0 atom stereocenters. The Labute approximate surface area is 157 Å². The number of aryl methyl sites for hydroxylation is 1. The second-order valence-corrected chi connectivity index (χ2v) is 7.28. The fourth-order valence-electron chi connectivity index (χ4n) is 4.20. The second kappa shape index (κ2) is 6.76. The van der Waals surface area contributed by atoms with Crippen molar-refractivity contribution in [1.29, 1.82) is 0 Å². The fraction of sp³-hybridized carbons (Fsp3) is 0.333. The Bertz CT molecular complexity index is 970. The minimum Gasteiger partial charge on any atom is -0.465 e. The van der Waals surface area contributed by atoms with E-state index >= 15 is 0 Å². The Morgan fingerprint density at radius 1 is 1.23 bits per heavy atom. The SMILES string of the molecule is COC(=O)c1ccc2c(C3CCCC3)c(-c3ccc(Cl)nc3)n(C)c2c1. The summed E-state index contributed by atoms with van der Waals surface area (Å²) in [5.74, 6) is 0.221. The standard InChI is InChI=1S/C21H21ClN2O2/c1-24-17-11-14(21(25)26-2)7-9-16(17)19(13-5-3-4-6-13)20(24)15-8-10-18(22)23-12-15/h7-13H,3-6H2,1-2H3. The van der Waals surface area contributed by atoms with Gasteiger partial charge in [0.15, 0.2) is 0 Å². The molecule has 2 aromatic heterocycles. The van der Waals surface area contributed by atoms with Crippen molar-refractivity contribution < 1.29 is 9.53 Å². The van der Waals surface area contributed by atoms with Gasteiger partial charge in [-0.25, -0.2) is 9.78 Å². The molecule has 0 saturated heterocycles. The van der Waals surface area contributed by atoms with Gasteiger partial charge in [-0.05, 0) is 48.6 Å². The highest BCUT2D eigenvalue weighted by molar-refractivity contribution is 6.29. The lowest BCUT2D eigenvalue weighted by Crippen LogP contribution is -2.01. The lowest BCUT2D eigenvalue weighted by atomic mass is 9.92. The number of fused-ring (bicyclic) bond motifs is 1. The lowest BCUT2D eigenvalue weighted by Gasteiger charge is -2.13. The van der Waals surface area contributed by atoms with Crippen LogP contribution in [0.15, 0.2) is 36.5 Å². The molecule has 0 aliphatic heterocycles. The molecule has 2 heterocycles. The minimum absolute atomic E-state index is 0.315. The van der Waals surface area contributed by atoms with E-state index in [9.17, 15) is 4.79 Å². The van der Waals surface area contributed by atoms with Gasteiger partial charge in [0.25, 0.3) is 0 Å². The molecule has 1 aromatic carbocycles. The maximum absolute atomic E-state index is 12.0. The summed E-state index contributed by atoms with van der Waals surface area (Å²) >= 11 is 5.99. The third kappa shape index (κ3) is 2.78. The van der Waals surface area contributed by atoms with Gasteiger partial charge in [0.2, 0.25) is 0 Å². The van der Waals surface area contributed by atoms with Crippen LogP contribution in [0.3, 0.4) is 0 Å². The van der Waals surface area contributed by atoms with Gasteiger partial charge in [0.1, 0.15) is 5.15 Å². The number of carbonyl (C=O) groups is 1. The average Bonchev–Trinajstić information content (AvgIpc) is 3.28. The highest BCUT2D eigenvalue weighted by Crippen LogP contribution is 2.44. The van der Waals surface area contributed by atoms with Crippen LogP contribution in [-0.4, -0.2) is 22.6 Å². The van der Waals surface area contributed by atoms with E-state index in [1.165, 1.54) is 43.7 Å². The monoisotopic (exact) mass is 368 g/mol. The number of ether oxygens (including phenoxy) is 1. The van der Waals surface area contributed by atoms with Crippen molar-refractivity contribution in [2.75, 3.05) is 7.11 Å². The first-order valence-electron chi connectivity index (χ1n) is 8.92. The van der Waals surface area contributed by atoms with E-state index in [0.717, 1.165) is 16.8 Å². The van der Waals surface area contributed by atoms with E-state index in [0.29, 0.717) is 16.6 Å². The zero-order valence-electron chi connectivity index (χ0n) is 15.0. The number of nitrogens with zero attached hydrogens (tertiary/aromatic N) is 2. The summed E-state index contributed by atoms with van der Waals surface area (Å²) in [6, 6.07) is 9.68. The Morgan fingerprint density at radius 3 is 2.65 bits per heavy atom. The molecule has 0 amide bonds. The van der Waals surface area contributed by atoms with Crippen LogP contribution in [0.1, 0.15) is 47.5 Å². The van der Waals surface area contributed by atoms with Crippen molar-refractivity contribution in [1.82, 2.24) is 9.55 Å². The first-order chi connectivity index (χ1) is 12.6. The largest absolute Gasteiger partial charge is 0.465 e. The van der Waals surface area contributed by atoms with Gasteiger partial charge < -0.3 is 9.30 Å². The number of halogens is 1. The molecule has 1 aliphatic carbocycles. The van der Waals surface area contributed by atoms with E-state index in [2.05, 4.69) is 15.6 Å². The number of methoxy groups -OCH3 is 1. The van der Waals surface area contributed by atoms with Crippen LogP contribution in [0.25, 0.3) is 22.2 Å². The molecule has 1 aliphatic rings. The topological polar surface area (TPSA) is 44.1 Å². The molecule has 0 spiro atoms. The Kier molecular flexibility index (Phi) is 4.45. The summed E-state index contributed by atoms with van der Waals surface area (Å²) in [5, 5.41) is 1.69. The summed E-state index contributed by atoms with van der Waals surface area (Å²) in [6.45, 7) is 0. The van der Waals surface area contributed by atoms with Crippen LogP contribution in [0.5, 0.6) is 0 Å². The van der Waals surface area contributed by atoms with Crippen molar-refractivity contribution >= 4 is 28.5 Å². The van der Waals surface area contributed by atoms with Crippen molar-refractivity contribution in [2.45, 2.75) is 31.6 Å². The maximum atomic E-state index is 12.0. The Hall–Kier alpha value is -2.33. The van der Waals surface area contributed by atoms with Gasteiger partial charge in [0, 0.05) is 29.7 Å². The van der Waals surface area contributed by atoms with E-state index in [1.54, 1.807) is 0 Å². The van der Waals surface area contributed by atoms with Gasteiger partial charge in [-0.3, -0.25) is 0 Å². The average molecular weight is 369 g/mol. The molecular formula is C21H21ClN2O2. The first-order valence-corrected chi connectivity index (χ1v) is 9.30. The lowest BCUT2D eigenvalue weighted by molar-refractivity contribution is 0.0601. The molecule has 0 N–H and O–H groups in total. The molecule has 4 rings (SSSR count). The van der Waals surface area contributed by atoms with Gasteiger partial charge in [-0.1, -0.05) is 30.5 Å². The Balaban J connectivity index is 1.98. The summed E-state index contributed by atoms with van der Waals surface area (Å²) in [5.41, 5.74) is 5.19. The van der Waals surface area contributed by atoms with Crippen molar-refractivity contribution in [2.24, 2.45) is 7.05 Å². The summed E-state index contributed by atoms with van der Waals surface area (Å²) in [6.07, 6.45) is 6.76. The summed E-state index contributed by atoms with van der Waals surface area (Å²) in [7, 11) is 3.46. The molecular weight excluding hydrogens is 348 g/mol. The second-order valence-electron chi connectivity index (χ2n) is 6.90.